The van der Waals surface area contributed by atoms with Crippen LogP contribution in [0.5, 0.6) is 0 Å². The van der Waals surface area contributed by atoms with Gasteiger partial charge in [-0.05, 0) is 0 Å². The van der Waals surface area contributed by atoms with Crippen molar-refractivity contribution >= 4 is 33.4 Å². The second-order valence-corrected chi connectivity index (χ2v) is 5.20. The maximum atomic E-state index is 11.5. The van der Waals surface area contributed by atoms with E-state index in [1.807, 2.05) is 0 Å². The highest BCUT2D eigenvalue weighted by atomic mass is 35.5. The van der Waals surface area contributed by atoms with E-state index in [-0.39, 0.29) is 23.1 Å². The number of hydrogen-bond acceptors (Lipinski definition) is 6. The predicted molar refractivity (Wildman–Crippen MR) is 61.1 cm³/mol. The van der Waals surface area contributed by atoms with E-state index in [4.69, 9.17) is 11.6 Å². The molecule has 0 saturated heterocycles. The Morgan fingerprint density at radius 3 is 2.71 bits per heavy atom. The standard InChI is InChI=1S/C8H10ClN3O4S/c1-16-8(13)2-3-17(14,15)12-7-5-10-6(9)4-11-7/h4-5H,2-3H2,1H3,(H,11,12). The van der Waals surface area contributed by atoms with E-state index >= 15 is 0 Å². The smallest absolute Gasteiger partial charge is 0.306 e. The maximum absolute atomic E-state index is 11.5. The molecule has 7 nitrogen and oxygen atoms in total. The van der Waals surface area contributed by atoms with E-state index in [1.165, 1.54) is 19.5 Å². The van der Waals surface area contributed by atoms with Crippen LogP contribution in [0.2, 0.25) is 5.15 Å². The Bertz CT molecular complexity index is 488. The van der Waals surface area contributed by atoms with Crippen LogP contribution < -0.4 is 4.72 Å². The Hall–Kier alpha value is -1.41. The van der Waals surface area contributed by atoms with Crippen molar-refractivity contribution in [3.63, 3.8) is 0 Å². The van der Waals surface area contributed by atoms with Crippen molar-refractivity contribution in [2.24, 2.45) is 0 Å². The average molecular weight is 280 g/mol. The van der Waals surface area contributed by atoms with E-state index in [0.29, 0.717) is 0 Å². The summed E-state index contributed by atoms with van der Waals surface area (Å²) in [5, 5.41) is 0.155. The Balaban J connectivity index is 2.60. The number of anilines is 1. The van der Waals surface area contributed by atoms with Crippen LogP contribution >= 0.6 is 11.6 Å². The topological polar surface area (TPSA) is 98.2 Å². The van der Waals surface area contributed by atoms with E-state index in [2.05, 4.69) is 19.4 Å². The molecule has 0 spiro atoms. The minimum Gasteiger partial charge on any atom is -0.469 e. The van der Waals surface area contributed by atoms with Gasteiger partial charge in [0.25, 0.3) is 0 Å². The first-order valence-corrected chi connectivity index (χ1v) is 6.51. The van der Waals surface area contributed by atoms with E-state index in [9.17, 15) is 13.2 Å². The fourth-order valence-electron chi connectivity index (χ4n) is 0.895. The number of carbonyl (C=O) groups is 1. The number of methoxy groups -OCH3 is 1. The number of hydrogen-bond donors (Lipinski definition) is 1. The third-order valence-electron chi connectivity index (χ3n) is 1.68. The third-order valence-corrected chi connectivity index (χ3v) is 3.14. The van der Waals surface area contributed by atoms with Crippen LogP contribution in [0.25, 0.3) is 0 Å². The van der Waals surface area contributed by atoms with Crippen LogP contribution in [0.4, 0.5) is 5.82 Å². The third kappa shape index (κ3) is 4.96. The summed E-state index contributed by atoms with van der Waals surface area (Å²) in [7, 11) is -2.46. The number of nitrogens with zero attached hydrogens (tertiary/aromatic N) is 2. The molecule has 17 heavy (non-hydrogen) atoms. The molecule has 94 valence electrons. The Morgan fingerprint density at radius 2 is 2.18 bits per heavy atom. The zero-order valence-corrected chi connectivity index (χ0v) is 10.5. The highest BCUT2D eigenvalue weighted by molar-refractivity contribution is 7.92. The summed E-state index contributed by atoms with van der Waals surface area (Å²) in [6, 6.07) is 0. The molecule has 1 N–H and O–H groups in total. The maximum Gasteiger partial charge on any atom is 0.306 e. The summed E-state index contributed by atoms with van der Waals surface area (Å²) in [6.07, 6.45) is 2.16. The van der Waals surface area contributed by atoms with Gasteiger partial charge >= 0.3 is 5.97 Å². The van der Waals surface area contributed by atoms with Crippen molar-refractivity contribution in [3.05, 3.63) is 17.5 Å². The van der Waals surface area contributed by atoms with Crippen molar-refractivity contribution in [1.29, 1.82) is 0 Å². The molecular formula is C8H10ClN3O4S. The summed E-state index contributed by atoms with van der Waals surface area (Å²) in [5.74, 6) is -0.943. The molecule has 1 aromatic heterocycles. The fourth-order valence-corrected chi connectivity index (χ4v) is 1.95. The number of aromatic nitrogens is 2. The lowest BCUT2D eigenvalue weighted by atomic mass is 10.5. The number of nitrogens with one attached hydrogen (secondary N) is 1. The van der Waals surface area contributed by atoms with Crippen molar-refractivity contribution in [1.82, 2.24) is 9.97 Å². The molecule has 0 radical (unpaired) electrons. The number of sulfonamides is 1. The summed E-state index contributed by atoms with van der Waals surface area (Å²) in [6.45, 7) is 0. The largest absolute Gasteiger partial charge is 0.469 e. The van der Waals surface area contributed by atoms with Gasteiger partial charge in [0.15, 0.2) is 5.82 Å². The molecular weight excluding hydrogens is 270 g/mol. The molecule has 0 aliphatic rings. The molecule has 0 amide bonds. The fraction of sp³-hybridized carbons (Fsp3) is 0.375. The molecule has 0 aliphatic carbocycles. The van der Waals surface area contributed by atoms with Gasteiger partial charge in [-0.2, -0.15) is 0 Å². The molecule has 0 bridgehead atoms. The number of rotatable bonds is 5. The Morgan fingerprint density at radius 1 is 1.47 bits per heavy atom. The van der Waals surface area contributed by atoms with Gasteiger partial charge in [-0.1, -0.05) is 11.6 Å². The van der Waals surface area contributed by atoms with Gasteiger partial charge in [0.05, 0.1) is 31.7 Å². The summed E-state index contributed by atoms with van der Waals surface area (Å²) in [5.41, 5.74) is 0. The molecule has 0 saturated carbocycles. The van der Waals surface area contributed by atoms with Crippen LogP contribution in [0.1, 0.15) is 6.42 Å². The van der Waals surface area contributed by atoms with Gasteiger partial charge in [0.1, 0.15) is 5.15 Å². The van der Waals surface area contributed by atoms with Gasteiger partial charge in [-0.25, -0.2) is 18.4 Å². The van der Waals surface area contributed by atoms with Gasteiger partial charge in [-0.15, -0.1) is 0 Å². The SMILES string of the molecule is COC(=O)CCS(=O)(=O)Nc1cnc(Cl)cn1. The lowest BCUT2D eigenvalue weighted by molar-refractivity contribution is -0.140. The molecule has 0 atom stereocenters. The summed E-state index contributed by atoms with van der Waals surface area (Å²) in [4.78, 5) is 18.2. The first kappa shape index (κ1) is 13.7. The highest BCUT2D eigenvalue weighted by Gasteiger charge is 2.14. The average Bonchev–Trinajstić information content (AvgIpc) is 2.29. The van der Waals surface area contributed by atoms with Gasteiger partial charge < -0.3 is 4.74 Å². The minimum absolute atomic E-state index is 0.0410. The van der Waals surface area contributed by atoms with Crippen LogP contribution in [0.15, 0.2) is 12.4 Å². The number of carbonyl (C=O) groups excluding carboxylic acids is 1. The number of halogens is 1. The number of esters is 1. The van der Waals surface area contributed by atoms with E-state index in [0.717, 1.165) is 0 Å². The van der Waals surface area contributed by atoms with Gasteiger partial charge in [-0.3, -0.25) is 9.52 Å². The first-order chi connectivity index (χ1) is 7.93. The molecule has 0 aromatic carbocycles. The van der Waals surface area contributed by atoms with Gasteiger partial charge in [0, 0.05) is 0 Å². The molecule has 1 aromatic rings. The molecule has 9 heteroatoms. The van der Waals surface area contributed by atoms with E-state index in [1.54, 1.807) is 0 Å². The predicted octanol–water partition coefficient (Wildman–Crippen LogP) is 0.435. The monoisotopic (exact) mass is 279 g/mol. The summed E-state index contributed by atoms with van der Waals surface area (Å²) >= 11 is 5.49. The van der Waals surface area contributed by atoms with Crippen LogP contribution in [0.3, 0.4) is 0 Å². The highest BCUT2D eigenvalue weighted by Crippen LogP contribution is 2.07. The van der Waals surface area contributed by atoms with Crippen LogP contribution in [0, 0.1) is 0 Å². The van der Waals surface area contributed by atoms with Crippen molar-refractivity contribution in [2.75, 3.05) is 17.6 Å². The normalized spacial score (nSPS) is 10.9. The Kier molecular flexibility index (Phi) is 4.64. The molecule has 1 rings (SSSR count). The van der Waals surface area contributed by atoms with Crippen LogP contribution in [-0.4, -0.2) is 37.2 Å². The van der Waals surface area contributed by atoms with E-state index < -0.39 is 16.0 Å². The zero-order chi connectivity index (χ0) is 12.9. The zero-order valence-electron chi connectivity index (χ0n) is 8.88. The van der Waals surface area contributed by atoms with Gasteiger partial charge in [0.2, 0.25) is 10.0 Å². The first-order valence-electron chi connectivity index (χ1n) is 4.48. The molecule has 1 heterocycles. The summed E-state index contributed by atoms with van der Waals surface area (Å²) < 4.78 is 29.5. The lowest BCUT2D eigenvalue weighted by Crippen LogP contribution is -2.20. The van der Waals surface area contributed by atoms with Crippen molar-refractivity contribution in [3.8, 4) is 0 Å². The molecule has 0 unspecified atom stereocenters. The quantitative estimate of drug-likeness (QED) is 0.785. The molecule has 0 aliphatic heterocycles. The minimum atomic E-state index is -3.65. The lowest BCUT2D eigenvalue weighted by Gasteiger charge is -2.05. The Labute approximate surface area is 103 Å². The van der Waals surface area contributed by atoms with Crippen molar-refractivity contribution in [2.45, 2.75) is 6.42 Å². The second-order valence-electron chi connectivity index (χ2n) is 2.97. The van der Waals surface area contributed by atoms with Crippen molar-refractivity contribution < 1.29 is 17.9 Å². The second kappa shape index (κ2) is 5.78. The molecule has 0 fully saturated rings. The van der Waals surface area contributed by atoms with Crippen LogP contribution in [-0.2, 0) is 19.6 Å². The number of ether oxygens (including phenoxy) is 1.